The van der Waals surface area contributed by atoms with Gasteiger partial charge in [0.05, 0.1) is 11.6 Å². The Morgan fingerprint density at radius 1 is 1.10 bits per heavy atom. The van der Waals surface area contributed by atoms with E-state index in [9.17, 15) is 4.79 Å². The number of rotatable bonds is 4. The van der Waals surface area contributed by atoms with Crippen molar-refractivity contribution in [2.75, 3.05) is 0 Å². The van der Waals surface area contributed by atoms with Gasteiger partial charge in [0.1, 0.15) is 5.69 Å². The quantitative estimate of drug-likeness (QED) is 0.439. The highest BCUT2D eigenvalue weighted by Crippen LogP contribution is 2.31. The van der Waals surface area contributed by atoms with E-state index in [-0.39, 0.29) is 11.9 Å². The molecule has 0 saturated carbocycles. The number of fused-ring (bicyclic) bond motifs is 1. The maximum absolute atomic E-state index is 12.9. The number of nitrogens with zero attached hydrogens (tertiary/aromatic N) is 2. The Labute approximate surface area is 178 Å². The van der Waals surface area contributed by atoms with Gasteiger partial charge < -0.3 is 5.32 Å². The van der Waals surface area contributed by atoms with E-state index in [1.165, 1.54) is 0 Å². The molecule has 4 rings (SSSR count). The Bertz CT molecular complexity index is 1200. The third-order valence-corrected chi connectivity index (χ3v) is 5.43. The Balaban J connectivity index is 1.66. The first-order valence-corrected chi connectivity index (χ1v) is 9.85. The van der Waals surface area contributed by atoms with Crippen LogP contribution in [0.4, 0.5) is 0 Å². The molecular formula is C22H18Cl2N4O. The lowest BCUT2D eigenvalue weighted by atomic mass is 10.0. The molecule has 0 fully saturated rings. The van der Waals surface area contributed by atoms with Gasteiger partial charge in [0.25, 0.3) is 5.91 Å². The molecule has 0 aliphatic rings. The Morgan fingerprint density at radius 2 is 1.86 bits per heavy atom. The number of halogens is 2. The van der Waals surface area contributed by atoms with Gasteiger partial charge in [0.2, 0.25) is 0 Å². The van der Waals surface area contributed by atoms with Crippen molar-refractivity contribution < 1.29 is 4.79 Å². The number of nitrogens with one attached hydrogen (secondary N) is 2. The molecule has 2 heterocycles. The van der Waals surface area contributed by atoms with Crippen LogP contribution in [0.1, 0.15) is 34.6 Å². The van der Waals surface area contributed by atoms with Crippen LogP contribution in [0, 0.1) is 6.92 Å². The van der Waals surface area contributed by atoms with Gasteiger partial charge in [-0.05, 0) is 56.3 Å². The molecule has 1 amide bonds. The summed E-state index contributed by atoms with van der Waals surface area (Å²) in [4.78, 5) is 17.1. The summed E-state index contributed by atoms with van der Waals surface area (Å²) in [6.45, 7) is 3.78. The van der Waals surface area contributed by atoms with Crippen molar-refractivity contribution >= 4 is 40.0 Å². The van der Waals surface area contributed by atoms with Crippen molar-refractivity contribution in [3.63, 3.8) is 0 Å². The molecule has 2 aromatic carbocycles. The van der Waals surface area contributed by atoms with Crippen molar-refractivity contribution in [3.8, 4) is 11.3 Å². The van der Waals surface area contributed by atoms with Crippen LogP contribution in [0.5, 0.6) is 0 Å². The lowest BCUT2D eigenvalue weighted by Gasteiger charge is -2.17. The second-order valence-electron chi connectivity index (χ2n) is 6.85. The van der Waals surface area contributed by atoms with Crippen LogP contribution in [0.3, 0.4) is 0 Å². The number of carbonyl (C=O) groups excluding carboxylic acids is 1. The monoisotopic (exact) mass is 424 g/mol. The minimum atomic E-state index is -0.342. The van der Waals surface area contributed by atoms with E-state index in [0.717, 1.165) is 27.9 Å². The second-order valence-corrected chi connectivity index (χ2v) is 7.66. The molecule has 2 N–H and O–H groups in total. The van der Waals surface area contributed by atoms with Crippen molar-refractivity contribution in [1.82, 2.24) is 20.5 Å². The zero-order valence-corrected chi connectivity index (χ0v) is 17.3. The molecule has 0 radical (unpaired) electrons. The number of H-pyrrole nitrogens is 1. The van der Waals surface area contributed by atoms with E-state index in [4.69, 9.17) is 23.2 Å². The van der Waals surface area contributed by atoms with E-state index >= 15 is 0 Å². The van der Waals surface area contributed by atoms with E-state index in [1.54, 1.807) is 30.5 Å². The summed E-state index contributed by atoms with van der Waals surface area (Å²) < 4.78 is 0. The van der Waals surface area contributed by atoms with Gasteiger partial charge in [-0.1, -0.05) is 29.3 Å². The predicted molar refractivity (Wildman–Crippen MR) is 116 cm³/mol. The summed E-state index contributed by atoms with van der Waals surface area (Å²) in [5.74, 6) is -0.214. The van der Waals surface area contributed by atoms with Gasteiger partial charge in [-0.15, -0.1) is 0 Å². The molecule has 0 bridgehead atoms. The third-order valence-electron chi connectivity index (χ3n) is 4.78. The van der Waals surface area contributed by atoms with Gasteiger partial charge >= 0.3 is 0 Å². The number of aromatic amines is 1. The topological polar surface area (TPSA) is 70.7 Å². The average Bonchev–Trinajstić information content (AvgIpc) is 3.11. The Hall–Kier alpha value is -2.89. The smallest absolute Gasteiger partial charge is 0.251 e. The summed E-state index contributed by atoms with van der Waals surface area (Å²) in [6.07, 6.45) is 1.75. The fourth-order valence-corrected chi connectivity index (χ4v) is 4.07. The third kappa shape index (κ3) is 3.84. The lowest BCUT2D eigenvalue weighted by molar-refractivity contribution is 0.0940. The van der Waals surface area contributed by atoms with Crippen LogP contribution in [0.15, 0.2) is 54.7 Å². The molecule has 146 valence electrons. The Kier molecular flexibility index (Phi) is 5.26. The molecule has 0 saturated heterocycles. The largest absolute Gasteiger partial charge is 0.345 e. The van der Waals surface area contributed by atoms with Crippen LogP contribution in [0.2, 0.25) is 10.0 Å². The summed E-state index contributed by atoms with van der Waals surface area (Å²) in [5.41, 5.74) is 4.70. The second kappa shape index (κ2) is 7.85. The molecule has 5 nitrogen and oxygen atoms in total. The van der Waals surface area contributed by atoms with E-state index in [2.05, 4.69) is 20.5 Å². The number of pyridine rings is 1. The van der Waals surface area contributed by atoms with E-state index in [1.807, 2.05) is 38.1 Å². The number of aromatic nitrogens is 3. The number of amides is 1. The summed E-state index contributed by atoms with van der Waals surface area (Å²) >= 11 is 12.5. The summed E-state index contributed by atoms with van der Waals surface area (Å²) in [5, 5.41) is 12.3. The maximum atomic E-state index is 12.9. The van der Waals surface area contributed by atoms with Crippen molar-refractivity contribution in [2.24, 2.45) is 0 Å². The highest BCUT2D eigenvalue weighted by Gasteiger charge is 2.18. The normalized spacial score (nSPS) is 12.1. The maximum Gasteiger partial charge on any atom is 0.251 e. The fourth-order valence-electron chi connectivity index (χ4n) is 3.34. The van der Waals surface area contributed by atoms with Crippen molar-refractivity contribution in [3.05, 3.63) is 81.6 Å². The molecule has 0 spiro atoms. The van der Waals surface area contributed by atoms with Gasteiger partial charge in [-0.25, -0.2) is 0 Å². The molecule has 2 aromatic heterocycles. The Morgan fingerprint density at radius 3 is 2.59 bits per heavy atom. The first-order valence-electron chi connectivity index (χ1n) is 9.10. The highest BCUT2D eigenvalue weighted by atomic mass is 35.5. The first-order chi connectivity index (χ1) is 13.9. The lowest BCUT2D eigenvalue weighted by Crippen LogP contribution is -2.27. The molecule has 4 aromatic rings. The molecule has 0 aliphatic carbocycles. The van der Waals surface area contributed by atoms with Crippen LogP contribution >= 0.6 is 23.2 Å². The zero-order valence-electron chi connectivity index (χ0n) is 15.8. The van der Waals surface area contributed by atoms with Crippen molar-refractivity contribution in [1.29, 1.82) is 0 Å². The summed E-state index contributed by atoms with van der Waals surface area (Å²) in [6, 6.07) is 14.3. The number of aryl methyl sites for hydroxylation is 1. The van der Waals surface area contributed by atoms with Gasteiger partial charge in [0.15, 0.2) is 0 Å². The molecule has 1 atom stereocenters. The van der Waals surface area contributed by atoms with Gasteiger partial charge in [-0.3, -0.25) is 14.9 Å². The minimum Gasteiger partial charge on any atom is -0.345 e. The predicted octanol–water partition coefficient (Wildman–Crippen LogP) is 5.73. The van der Waals surface area contributed by atoms with Crippen LogP contribution < -0.4 is 5.32 Å². The van der Waals surface area contributed by atoms with Crippen LogP contribution in [0.25, 0.3) is 22.2 Å². The van der Waals surface area contributed by atoms with Gasteiger partial charge in [-0.2, -0.15) is 5.10 Å². The van der Waals surface area contributed by atoms with Crippen molar-refractivity contribution in [2.45, 2.75) is 19.9 Å². The number of benzene rings is 2. The molecular weight excluding hydrogens is 407 g/mol. The van der Waals surface area contributed by atoms with Gasteiger partial charge in [0, 0.05) is 44.0 Å². The number of hydrogen-bond acceptors (Lipinski definition) is 3. The minimum absolute atomic E-state index is 0.214. The summed E-state index contributed by atoms with van der Waals surface area (Å²) in [7, 11) is 0. The van der Waals surface area contributed by atoms with E-state index in [0.29, 0.717) is 21.2 Å². The van der Waals surface area contributed by atoms with Crippen LogP contribution in [-0.2, 0) is 0 Å². The standard InChI is InChI=1S/C22H18Cl2N4O/c1-12-10-14(8-9-25-12)21-16-11-15(6-7-19(16)27-28-21)22(29)26-13(2)20-17(23)4-3-5-18(20)24/h3-11,13H,1-2H3,(H,26,29)(H,27,28)/t13-/m1/s1. The first kappa shape index (κ1) is 19.4. The SMILES string of the molecule is Cc1cc(-c2n[nH]c3ccc(C(=O)N[C@H](C)c4c(Cl)cccc4Cl)cc23)ccn1. The average molecular weight is 425 g/mol. The number of hydrogen-bond donors (Lipinski definition) is 2. The highest BCUT2D eigenvalue weighted by molar-refractivity contribution is 6.36. The molecule has 29 heavy (non-hydrogen) atoms. The molecule has 7 heteroatoms. The molecule has 0 unspecified atom stereocenters. The molecule has 0 aliphatic heterocycles. The van der Waals surface area contributed by atoms with E-state index < -0.39 is 0 Å². The fraction of sp³-hybridized carbons (Fsp3) is 0.136. The zero-order chi connectivity index (χ0) is 20.5. The number of carbonyl (C=O) groups is 1. The van der Waals surface area contributed by atoms with Crippen LogP contribution in [-0.4, -0.2) is 21.1 Å².